The van der Waals surface area contributed by atoms with Crippen molar-refractivity contribution in [3.8, 4) is 16.9 Å². The van der Waals surface area contributed by atoms with Gasteiger partial charge in [0, 0.05) is 31.6 Å². The molecule has 2 rings (SSSR count). The molecule has 1 aromatic carbocycles. The van der Waals surface area contributed by atoms with Gasteiger partial charge in [-0.3, -0.25) is 14.6 Å². The van der Waals surface area contributed by atoms with Gasteiger partial charge in [0.1, 0.15) is 12.3 Å². The van der Waals surface area contributed by atoms with Gasteiger partial charge in [0.25, 0.3) is 5.91 Å². The van der Waals surface area contributed by atoms with Crippen LogP contribution in [0.2, 0.25) is 0 Å². The Morgan fingerprint density at radius 2 is 1.84 bits per heavy atom. The summed E-state index contributed by atoms with van der Waals surface area (Å²) in [7, 11) is 3.09. The van der Waals surface area contributed by atoms with Crippen molar-refractivity contribution >= 4 is 11.9 Å². The number of carbonyl (C=O) groups excluding carboxylic acids is 1. The van der Waals surface area contributed by atoms with Gasteiger partial charge in [0.05, 0.1) is 19.3 Å². The van der Waals surface area contributed by atoms with Crippen molar-refractivity contribution in [1.29, 1.82) is 0 Å². The van der Waals surface area contributed by atoms with Crippen molar-refractivity contribution in [1.82, 2.24) is 9.88 Å². The zero-order valence-electron chi connectivity index (χ0n) is 14.1. The van der Waals surface area contributed by atoms with Gasteiger partial charge in [-0.25, -0.2) is 0 Å². The summed E-state index contributed by atoms with van der Waals surface area (Å²) < 4.78 is 10.1. The Morgan fingerprint density at radius 1 is 1.12 bits per heavy atom. The van der Waals surface area contributed by atoms with Crippen LogP contribution < -0.4 is 4.74 Å². The number of amides is 1. The molecule has 0 atom stereocenters. The fourth-order valence-electron chi connectivity index (χ4n) is 2.30. The number of methoxy groups -OCH3 is 2. The van der Waals surface area contributed by atoms with Crippen molar-refractivity contribution in [2.24, 2.45) is 0 Å². The predicted octanol–water partition coefficient (Wildman–Crippen LogP) is 1.93. The molecule has 0 saturated carbocycles. The Bertz CT molecular complexity index is 731. The molecule has 132 valence electrons. The largest absolute Gasteiger partial charge is 0.497 e. The number of hydrogen-bond donors (Lipinski definition) is 1. The van der Waals surface area contributed by atoms with Crippen LogP contribution in [0.3, 0.4) is 0 Å². The molecule has 0 saturated heterocycles. The molecule has 1 aromatic heterocycles. The third-order valence-corrected chi connectivity index (χ3v) is 3.59. The molecule has 7 heteroatoms. The van der Waals surface area contributed by atoms with Crippen LogP contribution in [0, 0.1) is 0 Å². The minimum Gasteiger partial charge on any atom is -0.497 e. The lowest BCUT2D eigenvalue weighted by atomic mass is 10.1. The van der Waals surface area contributed by atoms with Gasteiger partial charge in [-0.05, 0) is 23.8 Å². The SMILES string of the molecule is COCCN(CC(=O)O)C(=O)c1cncc(-c2ccc(OC)cc2)c1. The molecule has 0 fully saturated rings. The van der Waals surface area contributed by atoms with Crippen molar-refractivity contribution in [2.75, 3.05) is 33.9 Å². The van der Waals surface area contributed by atoms with E-state index in [9.17, 15) is 9.59 Å². The summed E-state index contributed by atoms with van der Waals surface area (Å²) in [5, 5.41) is 9.00. The maximum absolute atomic E-state index is 12.6. The summed E-state index contributed by atoms with van der Waals surface area (Å²) in [6.07, 6.45) is 3.08. The highest BCUT2D eigenvalue weighted by Gasteiger charge is 2.19. The van der Waals surface area contributed by atoms with Gasteiger partial charge in [0.15, 0.2) is 0 Å². The first-order chi connectivity index (χ1) is 12.0. The van der Waals surface area contributed by atoms with Gasteiger partial charge in [-0.1, -0.05) is 12.1 Å². The third kappa shape index (κ3) is 5.02. The summed E-state index contributed by atoms with van der Waals surface area (Å²) in [6, 6.07) is 9.06. The molecule has 2 aromatic rings. The molecule has 0 radical (unpaired) electrons. The van der Waals surface area contributed by atoms with Crippen LogP contribution in [-0.4, -0.2) is 60.8 Å². The summed E-state index contributed by atoms with van der Waals surface area (Å²) in [5.41, 5.74) is 1.96. The zero-order valence-corrected chi connectivity index (χ0v) is 14.1. The number of aliphatic carboxylic acids is 1. The Balaban J connectivity index is 2.25. The first kappa shape index (κ1) is 18.4. The second kappa shape index (κ2) is 8.79. The highest BCUT2D eigenvalue weighted by molar-refractivity contribution is 5.96. The quantitative estimate of drug-likeness (QED) is 0.787. The maximum Gasteiger partial charge on any atom is 0.323 e. The normalized spacial score (nSPS) is 10.3. The Morgan fingerprint density at radius 3 is 2.44 bits per heavy atom. The summed E-state index contributed by atoms with van der Waals surface area (Å²) >= 11 is 0. The second-order valence-corrected chi connectivity index (χ2v) is 5.30. The minimum atomic E-state index is -1.08. The first-order valence-corrected chi connectivity index (χ1v) is 7.64. The Hall–Kier alpha value is -2.93. The molecular formula is C18H20N2O5. The highest BCUT2D eigenvalue weighted by Crippen LogP contribution is 2.22. The van der Waals surface area contributed by atoms with Crippen LogP contribution >= 0.6 is 0 Å². The smallest absolute Gasteiger partial charge is 0.323 e. The van der Waals surface area contributed by atoms with E-state index in [0.717, 1.165) is 16.9 Å². The van der Waals surface area contributed by atoms with Crippen LogP contribution in [-0.2, 0) is 9.53 Å². The van der Waals surface area contributed by atoms with Crippen molar-refractivity contribution in [2.45, 2.75) is 0 Å². The number of carboxylic acid groups (broad SMARTS) is 1. The fourth-order valence-corrected chi connectivity index (χ4v) is 2.30. The number of ether oxygens (including phenoxy) is 2. The van der Waals surface area contributed by atoms with Gasteiger partial charge < -0.3 is 19.5 Å². The molecule has 0 bridgehead atoms. The number of nitrogens with zero attached hydrogens (tertiary/aromatic N) is 2. The van der Waals surface area contributed by atoms with Crippen molar-refractivity contribution in [3.05, 3.63) is 48.3 Å². The highest BCUT2D eigenvalue weighted by atomic mass is 16.5. The van der Waals surface area contributed by atoms with Crippen LogP contribution in [0.25, 0.3) is 11.1 Å². The number of pyridine rings is 1. The molecule has 0 aliphatic carbocycles. The molecule has 1 N–H and O–H groups in total. The maximum atomic E-state index is 12.6. The van der Waals surface area contributed by atoms with E-state index in [1.165, 1.54) is 18.2 Å². The standard InChI is InChI=1S/C18H20N2O5/c1-24-8-7-20(12-17(21)22)18(23)15-9-14(10-19-11-15)13-3-5-16(25-2)6-4-13/h3-6,9-11H,7-8,12H2,1-2H3,(H,21,22). The van der Waals surface area contributed by atoms with Crippen LogP contribution in [0.15, 0.2) is 42.7 Å². The lowest BCUT2D eigenvalue weighted by molar-refractivity contribution is -0.137. The first-order valence-electron chi connectivity index (χ1n) is 7.64. The number of hydrogen-bond acceptors (Lipinski definition) is 5. The molecule has 0 aliphatic heterocycles. The van der Waals surface area contributed by atoms with E-state index >= 15 is 0 Å². The van der Waals surface area contributed by atoms with Crippen LogP contribution in [0.4, 0.5) is 0 Å². The Labute approximate surface area is 145 Å². The molecule has 25 heavy (non-hydrogen) atoms. The molecule has 0 spiro atoms. The minimum absolute atomic E-state index is 0.189. The summed E-state index contributed by atoms with van der Waals surface area (Å²) in [5.74, 6) is -0.748. The third-order valence-electron chi connectivity index (χ3n) is 3.59. The van der Waals surface area contributed by atoms with Gasteiger partial charge in [-0.2, -0.15) is 0 Å². The van der Waals surface area contributed by atoms with E-state index in [1.54, 1.807) is 19.4 Å². The van der Waals surface area contributed by atoms with E-state index in [1.807, 2.05) is 24.3 Å². The lowest BCUT2D eigenvalue weighted by Gasteiger charge is -2.20. The van der Waals surface area contributed by atoms with Crippen LogP contribution in [0.1, 0.15) is 10.4 Å². The average molecular weight is 344 g/mol. The topological polar surface area (TPSA) is 89.0 Å². The number of carboxylic acids is 1. The van der Waals surface area contributed by atoms with Crippen molar-refractivity contribution < 1.29 is 24.2 Å². The monoisotopic (exact) mass is 344 g/mol. The van der Waals surface area contributed by atoms with E-state index in [2.05, 4.69) is 4.98 Å². The zero-order chi connectivity index (χ0) is 18.2. The predicted molar refractivity (Wildman–Crippen MR) is 91.6 cm³/mol. The van der Waals surface area contributed by atoms with E-state index in [4.69, 9.17) is 14.6 Å². The van der Waals surface area contributed by atoms with Gasteiger partial charge in [0.2, 0.25) is 0 Å². The summed E-state index contributed by atoms with van der Waals surface area (Å²) in [4.78, 5) is 28.9. The second-order valence-electron chi connectivity index (χ2n) is 5.30. The lowest BCUT2D eigenvalue weighted by Crippen LogP contribution is -2.38. The molecule has 1 amide bonds. The van der Waals surface area contributed by atoms with Gasteiger partial charge in [-0.15, -0.1) is 0 Å². The van der Waals surface area contributed by atoms with Gasteiger partial charge >= 0.3 is 5.97 Å². The number of rotatable bonds is 8. The fraction of sp³-hybridized carbons (Fsp3) is 0.278. The van der Waals surface area contributed by atoms with E-state index < -0.39 is 18.4 Å². The number of benzene rings is 1. The van der Waals surface area contributed by atoms with Crippen molar-refractivity contribution in [3.63, 3.8) is 0 Å². The van der Waals surface area contributed by atoms with E-state index in [-0.39, 0.29) is 13.2 Å². The molecular weight excluding hydrogens is 324 g/mol. The number of aromatic nitrogens is 1. The van der Waals surface area contributed by atoms with E-state index in [0.29, 0.717) is 5.56 Å². The Kier molecular flexibility index (Phi) is 6.47. The van der Waals surface area contributed by atoms with Crippen LogP contribution in [0.5, 0.6) is 5.75 Å². The number of carbonyl (C=O) groups is 2. The molecule has 0 aliphatic rings. The average Bonchev–Trinajstić information content (AvgIpc) is 2.64. The molecule has 1 heterocycles. The molecule has 7 nitrogen and oxygen atoms in total. The molecule has 0 unspecified atom stereocenters. The summed E-state index contributed by atoms with van der Waals surface area (Å²) in [6.45, 7) is 0.0496.